The summed E-state index contributed by atoms with van der Waals surface area (Å²) in [5.41, 5.74) is 9.46. The van der Waals surface area contributed by atoms with Crippen LogP contribution < -0.4 is 21.7 Å². The number of aromatic nitrogens is 3. The van der Waals surface area contributed by atoms with Crippen LogP contribution in [0.15, 0.2) is 54.9 Å². The van der Waals surface area contributed by atoms with Crippen molar-refractivity contribution in [2.45, 2.75) is 39.0 Å². The van der Waals surface area contributed by atoms with Crippen molar-refractivity contribution in [3.63, 3.8) is 0 Å². The summed E-state index contributed by atoms with van der Waals surface area (Å²) in [7, 11) is 0. The quantitative estimate of drug-likeness (QED) is 0.427. The van der Waals surface area contributed by atoms with E-state index in [0.717, 1.165) is 17.8 Å². The first-order chi connectivity index (χ1) is 13.7. The molecule has 7 nitrogen and oxygen atoms in total. The van der Waals surface area contributed by atoms with Crippen molar-refractivity contribution in [2.75, 3.05) is 6.54 Å². The molecule has 2 aromatic heterocycles. The fourth-order valence-electron chi connectivity index (χ4n) is 2.50. The summed E-state index contributed by atoms with van der Waals surface area (Å²) in [6.07, 6.45) is -0.374. The van der Waals surface area contributed by atoms with Crippen molar-refractivity contribution in [3.8, 4) is 0 Å². The van der Waals surface area contributed by atoms with Crippen molar-refractivity contribution < 1.29 is 13.2 Å². The van der Waals surface area contributed by atoms with Gasteiger partial charge in [-0.2, -0.15) is 18.3 Å². The van der Waals surface area contributed by atoms with Crippen LogP contribution in [-0.4, -0.2) is 27.3 Å². The summed E-state index contributed by atoms with van der Waals surface area (Å²) >= 11 is 0. The molecule has 2 heterocycles. The number of allylic oxidation sites excluding steroid dienone is 1. The molecule has 0 aliphatic carbocycles. The van der Waals surface area contributed by atoms with Crippen LogP contribution in [0.25, 0.3) is 5.65 Å². The van der Waals surface area contributed by atoms with Gasteiger partial charge in [0.1, 0.15) is 0 Å². The maximum absolute atomic E-state index is 12.3. The molecule has 0 amide bonds. The third-order valence-electron chi connectivity index (χ3n) is 4.02. The van der Waals surface area contributed by atoms with Crippen LogP contribution in [0.2, 0.25) is 0 Å². The minimum atomic E-state index is -4.19. The summed E-state index contributed by atoms with van der Waals surface area (Å²) in [6.45, 7) is 11.0. The molecule has 0 unspecified atom stereocenters. The second-order valence-corrected chi connectivity index (χ2v) is 6.41. The van der Waals surface area contributed by atoms with Gasteiger partial charge in [0.05, 0.1) is 36.0 Å². The number of alkyl halides is 3. The van der Waals surface area contributed by atoms with Gasteiger partial charge in [0.15, 0.2) is 5.65 Å². The molecule has 0 saturated carbocycles. The average Bonchev–Trinajstić information content (AvgIpc) is 3.08. The fraction of sp³-hybridized carbons (Fsp3) is 0.368. The highest BCUT2D eigenvalue weighted by Gasteiger charge is 2.26. The lowest BCUT2D eigenvalue weighted by atomic mass is 10.2. The monoisotopic (exact) mass is 409 g/mol. The Morgan fingerprint density at radius 1 is 1.24 bits per heavy atom. The number of hydrogen-bond donors (Lipinski definition) is 4. The summed E-state index contributed by atoms with van der Waals surface area (Å²) in [5, 5.41) is 13.4. The first-order valence-corrected chi connectivity index (χ1v) is 9.12. The van der Waals surface area contributed by atoms with E-state index in [4.69, 9.17) is 5.73 Å². The van der Waals surface area contributed by atoms with E-state index in [9.17, 15) is 13.2 Å². The van der Waals surface area contributed by atoms with Gasteiger partial charge in [-0.15, -0.1) is 0 Å². The van der Waals surface area contributed by atoms with E-state index < -0.39 is 12.6 Å². The molecular formula is C19H26F3N7. The molecule has 0 aromatic carbocycles. The molecule has 0 aliphatic rings. The van der Waals surface area contributed by atoms with Crippen LogP contribution in [0.1, 0.15) is 31.0 Å². The van der Waals surface area contributed by atoms with E-state index in [-0.39, 0.29) is 6.42 Å². The minimum Gasteiger partial charge on any atom is -0.403 e. The van der Waals surface area contributed by atoms with Crippen molar-refractivity contribution in [3.05, 3.63) is 66.2 Å². The Balaban J connectivity index is 1.92. The Hall–Kier alpha value is -3.17. The molecule has 0 bridgehead atoms. The number of nitrogens with one attached hydrogen (secondary N) is 3. The Morgan fingerprint density at radius 2 is 2.00 bits per heavy atom. The fourth-order valence-corrected chi connectivity index (χ4v) is 2.50. The van der Waals surface area contributed by atoms with Gasteiger partial charge in [-0.1, -0.05) is 13.2 Å². The van der Waals surface area contributed by atoms with Gasteiger partial charge in [-0.3, -0.25) is 0 Å². The summed E-state index contributed by atoms with van der Waals surface area (Å²) in [6, 6.07) is 1.82. The molecular weight excluding hydrogens is 383 g/mol. The van der Waals surface area contributed by atoms with Crippen molar-refractivity contribution in [1.82, 2.24) is 30.5 Å². The van der Waals surface area contributed by atoms with Gasteiger partial charge in [-0.25, -0.2) is 9.50 Å². The highest BCUT2D eigenvalue weighted by Crippen LogP contribution is 2.22. The third kappa shape index (κ3) is 7.05. The van der Waals surface area contributed by atoms with Crippen LogP contribution in [0.3, 0.4) is 0 Å². The molecule has 0 aliphatic heterocycles. The molecule has 10 heteroatoms. The zero-order chi connectivity index (χ0) is 21.4. The second-order valence-electron chi connectivity index (χ2n) is 6.41. The highest BCUT2D eigenvalue weighted by atomic mass is 19.4. The lowest BCUT2D eigenvalue weighted by molar-refractivity contribution is -0.134. The van der Waals surface area contributed by atoms with Crippen LogP contribution in [0, 0.1) is 0 Å². The standard InChI is InChI=1S/C19H26F3N7/c1-4-24-17(8-23)14(3)26-11-16-12-29-18(28-16)7-15(10-27-29)9-25-13(2)5-6-19(20,21)22/h7-8,10,12,24-26H,2-6,9,11,23H2,1H3/b17-8-. The lowest BCUT2D eigenvalue weighted by Gasteiger charge is -2.12. The van der Waals surface area contributed by atoms with Gasteiger partial charge >= 0.3 is 6.18 Å². The van der Waals surface area contributed by atoms with Crippen LogP contribution in [0.5, 0.6) is 0 Å². The number of hydrogen-bond acceptors (Lipinski definition) is 6. The molecule has 2 aromatic rings. The van der Waals surface area contributed by atoms with Gasteiger partial charge in [0, 0.05) is 31.4 Å². The molecule has 0 spiro atoms. The third-order valence-corrected chi connectivity index (χ3v) is 4.02. The van der Waals surface area contributed by atoms with Crippen molar-refractivity contribution in [2.24, 2.45) is 5.73 Å². The van der Waals surface area contributed by atoms with E-state index in [0.29, 0.717) is 35.8 Å². The minimum absolute atomic E-state index is 0.158. The summed E-state index contributed by atoms with van der Waals surface area (Å²) in [4.78, 5) is 4.50. The first-order valence-electron chi connectivity index (χ1n) is 9.12. The van der Waals surface area contributed by atoms with Crippen LogP contribution in [-0.2, 0) is 13.1 Å². The van der Waals surface area contributed by atoms with Gasteiger partial charge in [0.25, 0.3) is 0 Å². The largest absolute Gasteiger partial charge is 0.403 e. The Labute approximate surface area is 167 Å². The first kappa shape index (κ1) is 22.1. The lowest BCUT2D eigenvalue weighted by Crippen LogP contribution is -2.23. The number of nitrogens with zero attached hydrogens (tertiary/aromatic N) is 3. The average molecular weight is 409 g/mol. The zero-order valence-corrected chi connectivity index (χ0v) is 16.3. The van der Waals surface area contributed by atoms with E-state index in [2.05, 4.69) is 39.2 Å². The van der Waals surface area contributed by atoms with Gasteiger partial charge in [-0.05, 0) is 25.0 Å². The number of imidazole rings is 1. The van der Waals surface area contributed by atoms with Gasteiger partial charge < -0.3 is 21.7 Å². The molecule has 0 radical (unpaired) electrons. The maximum Gasteiger partial charge on any atom is 0.389 e. The Bertz CT molecular complexity index is 884. The van der Waals surface area contributed by atoms with E-state index in [1.165, 1.54) is 6.20 Å². The zero-order valence-electron chi connectivity index (χ0n) is 16.3. The Kier molecular flexibility index (Phi) is 7.52. The number of rotatable bonds is 11. The van der Waals surface area contributed by atoms with E-state index in [1.807, 2.05) is 13.0 Å². The van der Waals surface area contributed by atoms with Crippen LogP contribution in [0.4, 0.5) is 13.2 Å². The molecule has 0 saturated heterocycles. The van der Waals surface area contributed by atoms with Gasteiger partial charge in [0.2, 0.25) is 0 Å². The Morgan fingerprint density at radius 3 is 2.66 bits per heavy atom. The molecule has 2 rings (SSSR count). The molecule has 29 heavy (non-hydrogen) atoms. The van der Waals surface area contributed by atoms with E-state index >= 15 is 0 Å². The second kappa shape index (κ2) is 9.85. The number of halogens is 3. The predicted molar refractivity (Wildman–Crippen MR) is 106 cm³/mol. The summed E-state index contributed by atoms with van der Waals surface area (Å²) < 4.78 is 38.4. The van der Waals surface area contributed by atoms with Crippen molar-refractivity contribution in [1.29, 1.82) is 0 Å². The topological polar surface area (TPSA) is 92.3 Å². The number of nitrogens with two attached hydrogens (primary N) is 1. The van der Waals surface area contributed by atoms with E-state index in [1.54, 1.807) is 16.9 Å². The smallest absolute Gasteiger partial charge is 0.389 e. The van der Waals surface area contributed by atoms with Crippen LogP contribution >= 0.6 is 0 Å². The SMILES string of the molecule is C=C(CCC(F)(F)F)NCc1cnn2cc(CNC(=C)/C(=C/N)NCC)nc2c1. The molecule has 0 fully saturated rings. The molecule has 158 valence electrons. The normalized spacial score (nSPS) is 12.1. The maximum atomic E-state index is 12.3. The molecule has 5 N–H and O–H groups in total. The highest BCUT2D eigenvalue weighted by molar-refractivity contribution is 5.41. The molecule has 0 atom stereocenters. The summed E-state index contributed by atoms with van der Waals surface area (Å²) in [5.74, 6) is 0. The number of fused-ring (bicyclic) bond motifs is 1. The number of likely N-dealkylation sites (N-methyl/N-ethyl adjacent to an activating group) is 1. The van der Waals surface area contributed by atoms with Crippen molar-refractivity contribution >= 4 is 5.65 Å². The predicted octanol–water partition coefficient (Wildman–Crippen LogP) is 2.69.